The Kier molecular flexibility index (Phi) is 3.88. The largest absolute Gasteiger partial charge is 0.341 e. The summed E-state index contributed by atoms with van der Waals surface area (Å²) < 4.78 is 0. The molecule has 0 aromatic carbocycles. The summed E-state index contributed by atoms with van der Waals surface area (Å²) in [6.07, 6.45) is 1.21. The van der Waals surface area contributed by atoms with E-state index < -0.39 is 0 Å². The fourth-order valence-corrected chi connectivity index (χ4v) is 3.21. The van der Waals surface area contributed by atoms with Gasteiger partial charge >= 0.3 is 0 Å². The molecule has 0 unspecified atom stereocenters. The van der Waals surface area contributed by atoms with E-state index in [0.29, 0.717) is 12.8 Å². The van der Waals surface area contributed by atoms with Crippen molar-refractivity contribution < 1.29 is 9.59 Å². The van der Waals surface area contributed by atoms with E-state index >= 15 is 0 Å². The summed E-state index contributed by atoms with van der Waals surface area (Å²) >= 11 is 0. The van der Waals surface area contributed by atoms with E-state index in [0.717, 1.165) is 26.2 Å². The molecule has 0 aromatic heterocycles. The molecule has 0 aliphatic carbocycles. The Balaban J connectivity index is 1.74. The quantitative estimate of drug-likeness (QED) is 0.785. The highest BCUT2D eigenvalue weighted by molar-refractivity contribution is 5.80. The topological polar surface area (TPSA) is 40.6 Å². The van der Waals surface area contributed by atoms with Gasteiger partial charge in [-0.15, -0.1) is 0 Å². The number of likely N-dealkylation sites (tertiary alicyclic amines) is 2. The third-order valence-electron chi connectivity index (χ3n) is 4.17. The van der Waals surface area contributed by atoms with Gasteiger partial charge in [-0.3, -0.25) is 9.59 Å². The molecule has 2 aliphatic heterocycles. The summed E-state index contributed by atoms with van der Waals surface area (Å²) in [7, 11) is 0. The molecule has 0 saturated carbocycles. The SMILES string of the molecule is CC(C)(C)CC(=O)N1CC2(C1)CN(C(=O)CC(C)(C)C)C2. The number of rotatable bonds is 2. The molecule has 0 aromatic rings. The number of hydrogen-bond donors (Lipinski definition) is 0. The van der Waals surface area contributed by atoms with Crippen LogP contribution >= 0.6 is 0 Å². The van der Waals surface area contributed by atoms with Crippen LogP contribution in [0.5, 0.6) is 0 Å². The third kappa shape index (κ3) is 3.98. The second-order valence-corrected chi connectivity index (χ2v) is 9.47. The molecule has 0 radical (unpaired) electrons. The second kappa shape index (κ2) is 4.99. The number of carbonyl (C=O) groups is 2. The first-order valence-corrected chi connectivity index (χ1v) is 7.95. The maximum Gasteiger partial charge on any atom is 0.223 e. The summed E-state index contributed by atoms with van der Waals surface area (Å²) in [5.41, 5.74) is 0.309. The highest BCUT2D eigenvalue weighted by atomic mass is 16.2. The first-order chi connectivity index (χ1) is 9.39. The molecule has 2 heterocycles. The maximum absolute atomic E-state index is 12.1. The smallest absolute Gasteiger partial charge is 0.223 e. The van der Waals surface area contributed by atoms with Crippen molar-refractivity contribution in [3.63, 3.8) is 0 Å². The highest BCUT2D eigenvalue weighted by Gasteiger charge is 2.54. The normalized spacial score (nSPS) is 21.0. The Hall–Kier alpha value is -1.06. The molecule has 0 bridgehead atoms. The van der Waals surface area contributed by atoms with E-state index in [4.69, 9.17) is 0 Å². The van der Waals surface area contributed by atoms with Crippen LogP contribution in [-0.4, -0.2) is 47.8 Å². The van der Waals surface area contributed by atoms with Crippen molar-refractivity contribution in [1.29, 1.82) is 0 Å². The van der Waals surface area contributed by atoms with E-state index in [2.05, 4.69) is 41.5 Å². The van der Waals surface area contributed by atoms with E-state index in [1.807, 2.05) is 9.80 Å². The van der Waals surface area contributed by atoms with E-state index in [-0.39, 0.29) is 28.1 Å². The zero-order valence-electron chi connectivity index (χ0n) is 14.5. The van der Waals surface area contributed by atoms with Crippen LogP contribution in [0.4, 0.5) is 0 Å². The Morgan fingerprint density at radius 2 is 1.05 bits per heavy atom. The predicted octanol–water partition coefficient (Wildman–Crippen LogP) is 2.53. The molecule has 2 aliphatic rings. The van der Waals surface area contributed by atoms with Crippen LogP contribution in [0.25, 0.3) is 0 Å². The second-order valence-electron chi connectivity index (χ2n) is 9.47. The van der Waals surface area contributed by atoms with Crippen LogP contribution in [0.2, 0.25) is 0 Å². The number of nitrogens with zero attached hydrogens (tertiary/aromatic N) is 2. The lowest BCUT2D eigenvalue weighted by Gasteiger charge is -2.60. The fourth-order valence-electron chi connectivity index (χ4n) is 3.21. The Morgan fingerprint density at radius 1 is 0.762 bits per heavy atom. The van der Waals surface area contributed by atoms with Crippen LogP contribution in [0.1, 0.15) is 54.4 Å². The first-order valence-electron chi connectivity index (χ1n) is 7.95. The molecule has 2 amide bonds. The van der Waals surface area contributed by atoms with E-state index in [1.54, 1.807) is 0 Å². The van der Waals surface area contributed by atoms with Gasteiger partial charge in [0.25, 0.3) is 0 Å². The van der Waals surface area contributed by atoms with Crippen molar-refractivity contribution in [2.75, 3.05) is 26.2 Å². The predicted molar refractivity (Wildman–Crippen MR) is 83.7 cm³/mol. The van der Waals surface area contributed by atoms with Gasteiger partial charge in [0.2, 0.25) is 11.8 Å². The first kappa shape index (κ1) is 16.3. The van der Waals surface area contributed by atoms with Gasteiger partial charge in [-0.2, -0.15) is 0 Å². The summed E-state index contributed by atoms with van der Waals surface area (Å²) in [6.45, 7) is 15.9. The van der Waals surface area contributed by atoms with E-state index in [9.17, 15) is 9.59 Å². The van der Waals surface area contributed by atoms with Crippen molar-refractivity contribution in [3.05, 3.63) is 0 Å². The minimum Gasteiger partial charge on any atom is -0.341 e. The zero-order chi connectivity index (χ0) is 16.1. The summed E-state index contributed by atoms with van der Waals surface area (Å²) in [5.74, 6) is 0.514. The third-order valence-corrected chi connectivity index (χ3v) is 4.17. The van der Waals surface area contributed by atoms with Gasteiger partial charge in [-0.05, 0) is 10.8 Å². The monoisotopic (exact) mass is 294 g/mol. The molecule has 2 fully saturated rings. The molecule has 2 saturated heterocycles. The van der Waals surface area contributed by atoms with Crippen LogP contribution in [0, 0.1) is 16.2 Å². The van der Waals surface area contributed by atoms with Gasteiger partial charge < -0.3 is 9.80 Å². The summed E-state index contributed by atoms with van der Waals surface area (Å²) in [5, 5.41) is 0. The van der Waals surface area contributed by atoms with Crippen LogP contribution in [-0.2, 0) is 9.59 Å². The van der Waals surface area contributed by atoms with E-state index in [1.165, 1.54) is 0 Å². The van der Waals surface area contributed by atoms with Crippen LogP contribution < -0.4 is 0 Å². The minimum atomic E-state index is 0.0498. The van der Waals surface area contributed by atoms with Crippen molar-refractivity contribution in [1.82, 2.24) is 9.80 Å². The lowest BCUT2D eigenvalue weighted by Crippen LogP contribution is -2.73. The summed E-state index contributed by atoms with van der Waals surface area (Å²) in [6, 6.07) is 0. The molecule has 120 valence electrons. The van der Waals surface area contributed by atoms with Gasteiger partial charge in [0.1, 0.15) is 0 Å². The van der Waals surface area contributed by atoms with Crippen molar-refractivity contribution in [2.24, 2.45) is 16.2 Å². The number of carbonyl (C=O) groups excluding carboxylic acids is 2. The molecular formula is C17H30N2O2. The Bertz CT molecular complexity index is 385. The van der Waals surface area contributed by atoms with Crippen LogP contribution in [0.3, 0.4) is 0 Å². The van der Waals surface area contributed by atoms with Gasteiger partial charge in [0, 0.05) is 44.4 Å². The van der Waals surface area contributed by atoms with Gasteiger partial charge in [0.15, 0.2) is 0 Å². The Labute approximate surface area is 128 Å². The average molecular weight is 294 g/mol. The number of hydrogen-bond acceptors (Lipinski definition) is 2. The minimum absolute atomic E-state index is 0.0498. The molecule has 2 rings (SSSR count). The van der Waals surface area contributed by atoms with Crippen molar-refractivity contribution in [2.45, 2.75) is 54.4 Å². The number of amides is 2. The lowest BCUT2D eigenvalue weighted by molar-refractivity contribution is -0.170. The summed E-state index contributed by atoms with van der Waals surface area (Å²) in [4.78, 5) is 28.1. The van der Waals surface area contributed by atoms with Gasteiger partial charge in [-0.25, -0.2) is 0 Å². The fraction of sp³-hybridized carbons (Fsp3) is 0.882. The Morgan fingerprint density at radius 3 is 1.29 bits per heavy atom. The highest BCUT2D eigenvalue weighted by Crippen LogP contribution is 2.41. The molecule has 0 atom stereocenters. The van der Waals surface area contributed by atoms with Crippen molar-refractivity contribution >= 4 is 11.8 Å². The van der Waals surface area contributed by atoms with Gasteiger partial charge in [-0.1, -0.05) is 41.5 Å². The van der Waals surface area contributed by atoms with Crippen molar-refractivity contribution in [3.8, 4) is 0 Å². The maximum atomic E-state index is 12.1. The zero-order valence-corrected chi connectivity index (χ0v) is 14.5. The molecule has 4 heteroatoms. The molecule has 0 N–H and O–H groups in total. The molecule has 21 heavy (non-hydrogen) atoms. The van der Waals surface area contributed by atoms with Gasteiger partial charge in [0.05, 0.1) is 0 Å². The average Bonchev–Trinajstić information content (AvgIpc) is 2.05. The molecule has 1 spiro atoms. The lowest BCUT2D eigenvalue weighted by atomic mass is 9.72. The van der Waals surface area contributed by atoms with Crippen LogP contribution in [0.15, 0.2) is 0 Å². The standard InChI is InChI=1S/C17H30N2O2/c1-15(2,3)7-13(20)18-9-17(10-18)11-19(12-17)14(21)8-16(4,5)6/h7-12H2,1-6H3. The molecular weight excluding hydrogens is 264 g/mol. The molecule has 4 nitrogen and oxygen atoms in total.